The molecule has 0 radical (unpaired) electrons. The van der Waals surface area contributed by atoms with Gasteiger partial charge in [-0.3, -0.25) is 0 Å². The minimum Gasteiger partial charge on any atom is -0.393 e. The zero-order chi connectivity index (χ0) is 15.0. The number of anilines is 1. The van der Waals surface area contributed by atoms with Crippen LogP contribution in [0.15, 0.2) is 24.3 Å². The summed E-state index contributed by atoms with van der Waals surface area (Å²) in [6.07, 6.45) is 1.79. The molecule has 1 aromatic heterocycles. The molecule has 0 saturated carbocycles. The molecule has 1 aliphatic rings. The van der Waals surface area contributed by atoms with E-state index in [0.29, 0.717) is 5.52 Å². The predicted octanol–water partition coefficient (Wildman–Crippen LogP) is 3.28. The molecule has 1 aromatic carbocycles. The lowest BCUT2D eigenvalue weighted by Gasteiger charge is -2.36. The smallest absolute Gasteiger partial charge is 0.149 e. The molecule has 4 heteroatoms. The van der Waals surface area contributed by atoms with E-state index in [0.717, 1.165) is 42.7 Å². The van der Waals surface area contributed by atoms with Crippen LogP contribution in [0.2, 0.25) is 0 Å². The van der Waals surface area contributed by atoms with Crippen molar-refractivity contribution in [1.82, 2.24) is 4.98 Å². The minimum atomic E-state index is -0.307. The number of piperidine rings is 1. The Bertz CT molecular complexity index is 657. The highest BCUT2D eigenvalue weighted by Gasteiger charge is 2.25. The van der Waals surface area contributed by atoms with Crippen LogP contribution in [-0.4, -0.2) is 29.3 Å². The van der Waals surface area contributed by atoms with Crippen molar-refractivity contribution in [3.63, 3.8) is 0 Å². The second kappa shape index (κ2) is 5.60. The zero-order valence-electron chi connectivity index (χ0n) is 12.5. The monoisotopic (exact) mass is 288 g/mol. The summed E-state index contributed by atoms with van der Waals surface area (Å²) in [6.45, 7) is 5.50. The van der Waals surface area contributed by atoms with E-state index in [1.165, 1.54) is 6.07 Å². The lowest BCUT2D eigenvalue weighted by Crippen LogP contribution is -2.39. The lowest BCUT2D eigenvalue weighted by molar-refractivity contribution is 0.115. The fraction of sp³-hybridized carbons (Fsp3) is 0.471. The number of aryl methyl sites for hydroxylation is 1. The molecule has 1 fully saturated rings. The average molecular weight is 288 g/mol. The first kappa shape index (κ1) is 14.3. The topological polar surface area (TPSA) is 36.4 Å². The SMILES string of the molecule is Cc1cc(N2CCCC(C(C)O)C2)c2cccc(F)c2n1. The Balaban J connectivity index is 2.05. The van der Waals surface area contributed by atoms with Crippen LogP contribution in [0.25, 0.3) is 10.9 Å². The third-order valence-corrected chi connectivity index (χ3v) is 4.38. The van der Waals surface area contributed by atoms with Gasteiger partial charge >= 0.3 is 0 Å². The van der Waals surface area contributed by atoms with Crippen molar-refractivity contribution in [2.75, 3.05) is 18.0 Å². The highest BCUT2D eigenvalue weighted by molar-refractivity contribution is 5.92. The number of pyridine rings is 1. The van der Waals surface area contributed by atoms with Crippen molar-refractivity contribution in [3.05, 3.63) is 35.8 Å². The summed E-state index contributed by atoms with van der Waals surface area (Å²) in [5, 5.41) is 10.7. The molecule has 2 aromatic rings. The molecule has 0 aliphatic carbocycles. The van der Waals surface area contributed by atoms with Crippen molar-refractivity contribution in [2.24, 2.45) is 5.92 Å². The largest absolute Gasteiger partial charge is 0.393 e. The maximum absolute atomic E-state index is 14.0. The molecule has 1 aliphatic heterocycles. The van der Waals surface area contributed by atoms with Crippen molar-refractivity contribution < 1.29 is 9.50 Å². The number of para-hydroxylation sites is 1. The molecule has 0 bridgehead atoms. The lowest BCUT2D eigenvalue weighted by atomic mass is 9.93. The molecular weight excluding hydrogens is 267 g/mol. The van der Waals surface area contributed by atoms with Crippen LogP contribution >= 0.6 is 0 Å². The molecular formula is C17H21FN2O. The van der Waals surface area contributed by atoms with Crippen molar-refractivity contribution >= 4 is 16.6 Å². The summed E-state index contributed by atoms with van der Waals surface area (Å²) in [5.41, 5.74) is 2.29. The standard InChI is InChI=1S/C17H21FN2O/c1-11-9-16(14-6-3-7-15(18)17(14)19-11)20-8-4-5-13(10-20)12(2)21/h3,6-7,9,12-13,21H,4-5,8,10H2,1-2H3. The van der Waals surface area contributed by atoms with E-state index in [4.69, 9.17) is 0 Å². The van der Waals surface area contributed by atoms with E-state index in [1.54, 1.807) is 6.07 Å². The van der Waals surface area contributed by atoms with Crippen LogP contribution < -0.4 is 4.90 Å². The fourth-order valence-corrected chi connectivity index (χ4v) is 3.20. The number of fused-ring (bicyclic) bond motifs is 1. The Morgan fingerprint density at radius 3 is 3.00 bits per heavy atom. The molecule has 21 heavy (non-hydrogen) atoms. The normalized spacial score (nSPS) is 20.8. The number of aliphatic hydroxyl groups excluding tert-OH is 1. The number of aliphatic hydroxyl groups is 1. The molecule has 0 amide bonds. The van der Waals surface area contributed by atoms with Crippen LogP contribution in [0.3, 0.4) is 0 Å². The summed E-state index contributed by atoms with van der Waals surface area (Å²) >= 11 is 0. The first-order valence-electron chi connectivity index (χ1n) is 7.55. The van der Waals surface area contributed by atoms with Crippen LogP contribution in [-0.2, 0) is 0 Å². The van der Waals surface area contributed by atoms with Gasteiger partial charge in [0.2, 0.25) is 0 Å². The maximum atomic E-state index is 14.0. The number of halogens is 1. The van der Waals surface area contributed by atoms with Crippen LogP contribution in [0.1, 0.15) is 25.5 Å². The van der Waals surface area contributed by atoms with Gasteiger partial charge in [0.05, 0.1) is 6.10 Å². The van der Waals surface area contributed by atoms with E-state index in [2.05, 4.69) is 9.88 Å². The van der Waals surface area contributed by atoms with Gasteiger partial charge in [0.25, 0.3) is 0 Å². The molecule has 2 heterocycles. The average Bonchev–Trinajstić information content (AvgIpc) is 2.47. The number of rotatable bonds is 2. The van der Waals surface area contributed by atoms with Gasteiger partial charge < -0.3 is 10.0 Å². The summed E-state index contributed by atoms with van der Waals surface area (Å²) < 4.78 is 14.0. The number of benzene rings is 1. The van der Waals surface area contributed by atoms with Gasteiger partial charge in [-0.15, -0.1) is 0 Å². The highest BCUT2D eigenvalue weighted by atomic mass is 19.1. The van der Waals surface area contributed by atoms with E-state index >= 15 is 0 Å². The number of hydrogen-bond acceptors (Lipinski definition) is 3. The fourth-order valence-electron chi connectivity index (χ4n) is 3.20. The summed E-state index contributed by atoms with van der Waals surface area (Å²) in [6, 6.07) is 7.13. The second-order valence-corrected chi connectivity index (χ2v) is 6.01. The molecule has 1 saturated heterocycles. The van der Waals surface area contributed by atoms with Gasteiger partial charge in [-0.1, -0.05) is 12.1 Å². The van der Waals surface area contributed by atoms with Gasteiger partial charge in [0.1, 0.15) is 11.3 Å². The molecule has 1 N–H and O–H groups in total. The molecule has 2 unspecified atom stereocenters. The van der Waals surface area contributed by atoms with Crippen molar-refractivity contribution in [2.45, 2.75) is 32.8 Å². The molecule has 112 valence electrons. The number of nitrogens with zero attached hydrogens (tertiary/aromatic N) is 2. The Kier molecular flexibility index (Phi) is 3.81. The van der Waals surface area contributed by atoms with Crippen LogP contribution in [0, 0.1) is 18.7 Å². The molecule has 3 nitrogen and oxygen atoms in total. The third kappa shape index (κ3) is 2.72. The number of aromatic nitrogens is 1. The summed E-state index contributed by atoms with van der Waals surface area (Å²) in [7, 11) is 0. The number of hydrogen-bond donors (Lipinski definition) is 1. The van der Waals surface area contributed by atoms with Crippen molar-refractivity contribution in [3.8, 4) is 0 Å². The third-order valence-electron chi connectivity index (χ3n) is 4.38. The first-order valence-corrected chi connectivity index (χ1v) is 7.55. The van der Waals surface area contributed by atoms with E-state index < -0.39 is 0 Å². The quantitative estimate of drug-likeness (QED) is 0.921. The molecule has 0 spiro atoms. The molecule has 2 atom stereocenters. The van der Waals surface area contributed by atoms with Gasteiger partial charge in [-0.2, -0.15) is 0 Å². The minimum absolute atomic E-state index is 0.274. The van der Waals surface area contributed by atoms with E-state index in [-0.39, 0.29) is 17.8 Å². The molecule has 3 rings (SSSR count). The van der Waals surface area contributed by atoms with Gasteiger partial charge in [0.15, 0.2) is 0 Å². The van der Waals surface area contributed by atoms with E-state index in [1.807, 2.05) is 26.0 Å². The first-order chi connectivity index (χ1) is 10.1. The van der Waals surface area contributed by atoms with E-state index in [9.17, 15) is 9.50 Å². The van der Waals surface area contributed by atoms with Gasteiger partial charge in [-0.05, 0) is 38.8 Å². The Morgan fingerprint density at radius 1 is 1.43 bits per heavy atom. The Hall–Kier alpha value is -1.68. The van der Waals surface area contributed by atoms with Gasteiger partial charge in [0, 0.05) is 35.8 Å². The van der Waals surface area contributed by atoms with Crippen LogP contribution in [0.5, 0.6) is 0 Å². The Morgan fingerprint density at radius 2 is 2.24 bits per heavy atom. The Labute approximate surface area is 124 Å². The van der Waals surface area contributed by atoms with Crippen molar-refractivity contribution in [1.29, 1.82) is 0 Å². The van der Waals surface area contributed by atoms with Gasteiger partial charge in [-0.25, -0.2) is 9.37 Å². The summed E-state index contributed by atoms with van der Waals surface area (Å²) in [4.78, 5) is 6.60. The predicted molar refractivity (Wildman–Crippen MR) is 83.1 cm³/mol. The highest BCUT2D eigenvalue weighted by Crippen LogP contribution is 2.32. The maximum Gasteiger partial charge on any atom is 0.149 e. The summed E-state index contributed by atoms with van der Waals surface area (Å²) in [5.74, 6) is -0.00244. The zero-order valence-corrected chi connectivity index (χ0v) is 12.5. The van der Waals surface area contributed by atoms with Crippen LogP contribution in [0.4, 0.5) is 10.1 Å². The second-order valence-electron chi connectivity index (χ2n) is 6.01.